The molecule has 8 aromatic rings. The maximum absolute atomic E-state index is 13.9. The maximum atomic E-state index is 13.9. The zero-order chi connectivity index (χ0) is 31.7. The number of fused-ring (bicyclic) bond motifs is 14. The van der Waals surface area contributed by atoms with Gasteiger partial charge in [-0.05, 0) is 97.6 Å². The van der Waals surface area contributed by atoms with Gasteiger partial charge in [-0.3, -0.25) is 9.59 Å². The van der Waals surface area contributed by atoms with Crippen molar-refractivity contribution in [3.05, 3.63) is 194 Å². The van der Waals surface area contributed by atoms with Gasteiger partial charge in [0, 0.05) is 27.5 Å². The molecule has 1 spiro atoms. The average molecular weight is 614 g/mol. The van der Waals surface area contributed by atoms with E-state index in [0.717, 1.165) is 39.1 Å². The molecular formula is C45H27NO2. The number of hydrogen-bond acceptors (Lipinski definition) is 2. The van der Waals surface area contributed by atoms with Crippen LogP contribution in [0.2, 0.25) is 0 Å². The Balaban J connectivity index is 1.27. The fourth-order valence-electron chi connectivity index (χ4n) is 9.47. The first-order chi connectivity index (χ1) is 23.7. The van der Waals surface area contributed by atoms with Crippen molar-refractivity contribution in [2.45, 2.75) is 17.8 Å². The number of allylic oxidation sites excluding steroid dienone is 4. The summed E-state index contributed by atoms with van der Waals surface area (Å²) in [6.45, 7) is 0. The number of nitrogens with zero attached hydrogens (tertiary/aromatic N) is 1. The molecule has 6 aromatic carbocycles. The number of pyridine rings is 2. The molecule has 0 radical (unpaired) electrons. The summed E-state index contributed by atoms with van der Waals surface area (Å²) in [5.74, 6) is 0.344. The smallest absolute Gasteiger partial charge is 0.266 e. The highest BCUT2D eigenvalue weighted by Gasteiger charge is 2.54. The zero-order valence-electron chi connectivity index (χ0n) is 25.9. The molecule has 224 valence electrons. The summed E-state index contributed by atoms with van der Waals surface area (Å²) in [4.78, 5) is 27.7. The van der Waals surface area contributed by atoms with E-state index < -0.39 is 0 Å². The Kier molecular flexibility index (Phi) is 4.91. The van der Waals surface area contributed by atoms with E-state index in [0.29, 0.717) is 22.2 Å². The monoisotopic (exact) mass is 613 g/mol. The molecule has 2 aromatic heterocycles. The highest BCUT2D eigenvalue weighted by atomic mass is 16.2. The van der Waals surface area contributed by atoms with Crippen molar-refractivity contribution in [2.75, 3.05) is 0 Å². The third kappa shape index (κ3) is 3.01. The Morgan fingerprint density at radius 3 is 1.88 bits per heavy atom. The maximum Gasteiger partial charge on any atom is 0.266 e. The molecule has 0 amide bonds. The van der Waals surface area contributed by atoms with Gasteiger partial charge in [0.1, 0.15) is 0 Å². The molecule has 48 heavy (non-hydrogen) atoms. The Morgan fingerprint density at radius 1 is 0.542 bits per heavy atom. The van der Waals surface area contributed by atoms with Crippen molar-refractivity contribution >= 4 is 37.8 Å². The number of benzene rings is 6. The lowest BCUT2D eigenvalue weighted by atomic mass is 9.68. The van der Waals surface area contributed by atoms with Crippen LogP contribution in [0, 0.1) is 0 Å². The first-order valence-electron chi connectivity index (χ1n) is 16.6. The minimum absolute atomic E-state index is 0.270. The van der Waals surface area contributed by atoms with Crippen molar-refractivity contribution in [1.29, 1.82) is 0 Å². The van der Waals surface area contributed by atoms with E-state index in [2.05, 4.69) is 97.1 Å². The minimum Gasteiger partial charge on any atom is -0.268 e. The molecule has 0 N–H and O–H groups in total. The van der Waals surface area contributed by atoms with Crippen molar-refractivity contribution in [3.8, 4) is 22.3 Å². The van der Waals surface area contributed by atoms with E-state index in [1.54, 1.807) is 0 Å². The Labute approximate surface area is 275 Å². The summed E-state index contributed by atoms with van der Waals surface area (Å²) < 4.78 is 1.39. The normalized spacial score (nSPS) is 18.8. The van der Waals surface area contributed by atoms with Gasteiger partial charge in [0.15, 0.2) is 0 Å². The van der Waals surface area contributed by atoms with Gasteiger partial charge in [-0.1, -0.05) is 115 Å². The van der Waals surface area contributed by atoms with Gasteiger partial charge in [0.25, 0.3) is 11.1 Å². The van der Waals surface area contributed by atoms with E-state index in [4.69, 9.17) is 0 Å². The Hall–Kier alpha value is -6.06. The lowest BCUT2D eigenvalue weighted by Gasteiger charge is -2.33. The standard InChI is InChI=1S/C45H27NO2/c47-43-34-16-3-1-11-28(34)36-23-27(24-37-29-12-2-4-17-35(29)44(48)46(43)42(36)37)26-21-22-33-32-15-7-10-20-40(32)45(41(33)25-26)38-18-8-5-13-30(38)31-14-6-9-19-39(31)45/h1-13,15-25,31H,14H2. The quantitative estimate of drug-likeness (QED) is 0.137. The lowest BCUT2D eigenvalue weighted by Crippen LogP contribution is -2.27. The second-order valence-electron chi connectivity index (χ2n) is 13.4. The van der Waals surface area contributed by atoms with Gasteiger partial charge in [0.05, 0.1) is 10.9 Å². The molecular weight excluding hydrogens is 587 g/mol. The van der Waals surface area contributed by atoms with Crippen molar-refractivity contribution in [1.82, 2.24) is 4.40 Å². The minimum atomic E-state index is -0.370. The average Bonchev–Trinajstić information content (AvgIpc) is 3.61. The molecule has 0 saturated carbocycles. The van der Waals surface area contributed by atoms with Crippen LogP contribution in [0.4, 0.5) is 0 Å². The van der Waals surface area contributed by atoms with Crippen LogP contribution in [-0.4, -0.2) is 4.40 Å². The molecule has 3 aliphatic carbocycles. The van der Waals surface area contributed by atoms with Gasteiger partial charge in [-0.15, -0.1) is 0 Å². The SMILES string of the molecule is O=c1c2ccccc2c2cc(-c3ccc4c(c3)C3(C5=CC=CCC5c5ccccc53)c3ccccc3-4)cc3c4ccccc4c(=O)n1c23. The lowest BCUT2D eigenvalue weighted by molar-refractivity contribution is 0.708. The van der Waals surface area contributed by atoms with Crippen LogP contribution in [0.25, 0.3) is 60.1 Å². The van der Waals surface area contributed by atoms with E-state index >= 15 is 0 Å². The van der Waals surface area contributed by atoms with Crippen LogP contribution < -0.4 is 11.1 Å². The molecule has 2 unspecified atom stereocenters. The summed E-state index contributed by atoms with van der Waals surface area (Å²) in [6.07, 6.45) is 7.91. The van der Waals surface area contributed by atoms with Crippen molar-refractivity contribution in [2.24, 2.45) is 0 Å². The predicted octanol–water partition coefficient (Wildman–Crippen LogP) is 9.52. The third-order valence-corrected chi connectivity index (χ3v) is 11.3. The summed E-state index contributed by atoms with van der Waals surface area (Å²) in [5.41, 5.74) is 11.4. The number of rotatable bonds is 1. The fourth-order valence-corrected chi connectivity index (χ4v) is 9.47. The second kappa shape index (κ2) is 9.05. The summed E-state index contributed by atoms with van der Waals surface area (Å²) >= 11 is 0. The first-order valence-corrected chi connectivity index (χ1v) is 16.6. The van der Waals surface area contributed by atoms with Crippen LogP contribution in [-0.2, 0) is 5.41 Å². The fraction of sp³-hybridized carbons (Fsp3) is 0.0667. The van der Waals surface area contributed by atoms with E-state index in [1.807, 2.05) is 48.5 Å². The van der Waals surface area contributed by atoms with Crippen molar-refractivity contribution in [3.63, 3.8) is 0 Å². The molecule has 0 bridgehead atoms. The molecule has 3 nitrogen and oxygen atoms in total. The molecule has 0 fully saturated rings. The topological polar surface area (TPSA) is 38.5 Å². The van der Waals surface area contributed by atoms with Gasteiger partial charge in [-0.2, -0.15) is 0 Å². The molecule has 0 aliphatic heterocycles. The molecule has 3 heteroatoms. The van der Waals surface area contributed by atoms with Gasteiger partial charge in [-0.25, -0.2) is 4.40 Å². The first kappa shape index (κ1) is 26.1. The number of aromatic nitrogens is 1. The molecule has 11 rings (SSSR count). The molecule has 3 aliphatic rings. The van der Waals surface area contributed by atoms with E-state index in [-0.39, 0.29) is 16.5 Å². The van der Waals surface area contributed by atoms with Gasteiger partial charge < -0.3 is 0 Å². The largest absolute Gasteiger partial charge is 0.268 e. The van der Waals surface area contributed by atoms with Gasteiger partial charge >= 0.3 is 0 Å². The molecule has 2 heterocycles. The van der Waals surface area contributed by atoms with Crippen LogP contribution in [0.3, 0.4) is 0 Å². The van der Waals surface area contributed by atoms with Crippen LogP contribution in [0.15, 0.2) is 161 Å². The second-order valence-corrected chi connectivity index (χ2v) is 13.4. The molecule has 2 atom stereocenters. The predicted molar refractivity (Wildman–Crippen MR) is 195 cm³/mol. The Bertz CT molecular complexity index is 2820. The van der Waals surface area contributed by atoms with Crippen LogP contribution >= 0.6 is 0 Å². The molecule has 0 saturated heterocycles. The van der Waals surface area contributed by atoms with E-state index in [9.17, 15) is 9.59 Å². The van der Waals surface area contributed by atoms with Gasteiger partial charge in [0.2, 0.25) is 0 Å². The van der Waals surface area contributed by atoms with Crippen molar-refractivity contribution < 1.29 is 0 Å². The zero-order valence-corrected chi connectivity index (χ0v) is 25.9. The number of hydrogen-bond donors (Lipinski definition) is 0. The Morgan fingerprint density at radius 2 is 1.15 bits per heavy atom. The summed E-state index contributed by atoms with van der Waals surface area (Å²) in [6, 6.07) is 44.6. The summed E-state index contributed by atoms with van der Waals surface area (Å²) in [5, 5.41) is 4.64. The highest BCUT2D eigenvalue weighted by molar-refractivity contribution is 6.19. The highest BCUT2D eigenvalue weighted by Crippen LogP contribution is 2.65. The van der Waals surface area contributed by atoms with E-state index in [1.165, 1.54) is 43.4 Å². The van der Waals surface area contributed by atoms with Crippen LogP contribution in [0.5, 0.6) is 0 Å². The van der Waals surface area contributed by atoms with Crippen LogP contribution in [0.1, 0.15) is 34.6 Å². The summed E-state index contributed by atoms with van der Waals surface area (Å²) in [7, 11) is 0. The third-order valence-electron chi connectivity index (χ3n) is 11.3.